The Morgan fingerprint density at radius 3 is 3.00 bits per heavy atom. The van der Waals surface area contributed by atoms with Crippen LogP contribution in [0.4, 0.5) is 5.69 Å². The van der Waals surface area contributed by atoms with E-state index in [0.29, 0.717) is 23.7 Å². The number of aryl methyl sites for hydroxylation is 1. The fraction of sp³-hybridized carbons (Fsp3) is 0.182. The Balaban J connectivity index is 1.88. The van der Waals surface area contributed by atoms with Crippen LogP contribution in [0.3, 0.4) is 0 Å². The van der Waals surface area contributed by atoms with Crippen molar-refractivity contribution in [1.29, 1.82) is 0 Å². The van der Waals surface area contributed by atoms with Gasteiger partial charge in [0.2, 0.25) is 5.91 Å². The molecule has 0 aliphatic rings. The predicted molar refractivity (Wildman–Crippen MR) is 72.4 cm³/mol. The monoisotopic (exact) mass is 328 g/mol. The molecule has 0 aliphatic heterocycles. The number of carbonyl (C=O) groups excluding carboxylic acids is 1. The highest BCUT2D eigenvalue weighted by molar-refractivity contribution is 9.10. The predicted octanol–water partition coefficient (Wildman–Crippen LogP) is 2.72. The van der Waals surface area contributed by atoms with Crippen molar-refractivity contribution in [2.45, 2.75) is 13.0 Å². The second kappa shape index (κ2) is 5.97. The van der Waals surface area contributed by atoms with Crippen LogP contribution in [0, 0.1) is 0 Å². The first kappa shape index (κ1) is 13.0. The number of anilines is 1. The highest BCUT2D eigenvalue weighted by Crippen LogP contribution is 2.25. The first-order valence-electron chi connectivity index (χ1n) is 5.24. The summed E-state index contributed by atoms with van der Waals surface area (Å²) in [5.74, 6) is -0.0836. The summed E-state index contributed by atoms with van der Waals surface area (Å²) in [6, 6.07) is 5.23. The highest BCUT2D eigenvalue weighted by Gasteiger charge is 2.05. The molecule has 94 valence electrons. The van der Waals surface area contributed by atoms with Gasteiger partial charge in [0.15, 0.2) is 0 Å². The zero-order chi connectivity index (χ0) is 13.0. The van der Waals surface area contributed by atoms with Crippen LogP contribution in [0.2, 0.25) is 5.02 Å². The maximum absolute atomic E-state index is 11.7. The molecule has 1 aromatic carbocycles. The van der Waals surface area contributed by atoms with Gasteiger partial charge in [-0.2, -0.15) is 0 Å². The molecule has 0 bridgehead atoms. The van der Waals surface area contributed by atoms with Gasteiger partial charge in [-0.25, -0.2) is 0 Å². The summed E-state index contributed by atoms with van der Waals surface area (Å²) in [6.45, 7) is 0.501. The molecule has 0 spiro atoms. The lowest BCUT2D eigenvalue weighted by molar-refractivity contribution is -0.116. The lowest BCUT2D eigenvalue weighted by Crippen LogP contribution is -2.14. The molecule has 1 N–H and O–H groups in total. The van der Waals surface area contributed by atoms with Crippen LogP contribution >= 0.6 is 27.5 Å². The van der Waals surface area contributed by atoms with Crippen LogP contribution in [-0.2, 0) is 11.3 Å². The minimum absolute atomic E-state index is 0.0836. The van der Waals surface area contributed by atoms with Crippen molar-refractivity contribution in [2.24, 2.45) is 0 Å². The van der Waals surface area contributed by atoms with E-state index < -0.39 is 0 Å². The summed E-state index contributed by atoms with van der Waals surface area (Å²) < 4.78 is 2.36. The Bertz CT molecular complexity index is 544. The standard InChI is InChI=1S/C11H10BrClN4O/c12-9-7-8(1-2-10(9)13)15-11(18)3-5-17-6-4-14-16-17/h1-2,4,6-7H,3,5H2,(H,15,18). The van der Waals surface area contributed by atoms with Crippen LogP contribution in [0.15, 0.2) is 35.1 Å². The molecule has 2 aromatic rings. The largest absolute Gasteiger partial charge is 0.326 e. The number of nitrogens with zero attached hydrogens (tertiary/aromatic N) is 3. The van der Waals surface area contributed by atoms with Crippen molar-refractivity contribution in [3.63, 3.8) is 0 Å². The first-order chi connectivity index (χ1) is 8.65. The number of hydrogen-bond acceptors (Lipinski definition) is 3. The van der Waals surface area contributed by atoms with Gasteiger partial charge in [-0.3, -0.25) is 9.48 Å². The topological polar surface area (TPSA) is 59.8 Å². The maximum Gasteiger partial charge on any atom is 0.226 e. The Hall–Kier alpha value is -1.40. The van der Waals surface area contributed by atoms with Gasteiger partial charge in [-0.1, -0.05) is 16.8 Å². The summed E-state index contributed by atoms with van der Waals surface area (Å²) in [4.78, 5) is 11.7. The van der Waals surface area contributed by atoms with E-state index >= 15 is 0 Å². The molecular formula is C11H10BrClN4O. The fourth-order valence-corrected chi connectivity index (χ4v) is 1.86. The van der Waals surface area contributed by atoms with Crippen LogP contribution < -0.4 is 5.32 Å². The second-order valence-corrected chi connectivity index (χ2v) is 4.85. The Morgan fingerprint density at radius 2 is 2.33 bits per heavy atom. The maximum atomic E-state index is 11.7. The van der Waals surface area contributed by atoms with Gasteiger partial charge < -0.3 is 5.32 Å². The molecule has 7 heteroatoms. The van der Waals surface area contributed by atoms with Crippen molar-refractivity contribution in [3.8, 4) is 0 Å². The number of carbonyl (C=O) groups is 1. The number of hydrogen-bond donors (Lipinski definition) is 1. The molecule has 0 atom stereocenters. The molecule has 2 rings (SSSR count). The summed E-state index contributed by atoms with van der Waals surface area (Å²) in [5, 5.41) is 10.8. The Labute approximate surface area is 117 Å². The SMILES string of the molecule is O=C(CCn1ccnn1)Nc1ccc(Cl)c(Br)c1. The normalized spacial score (nSPS) is 10.3. The molecule has 18 heavy (non-hydrogen) atoms. The van der Waals surface area contributed by atoms with Crippen molar-refractivity contribution in [3.05, 3.63) is 40.1 Å². The Morgan fingerprint density at radius 1 is 1.50 bits per heavy atom. The number of benzene rings is 1. The van der Waals surface area contributed by atoms with Gasteiger partial charge in [-0.05, 0) is 34.1 Å². The van der Waals surface area contributed by atoms with Crippen LogP contribution in [0.5, 0.6) is 0 Å². The number of nitrogens with one attached hydrogen (secondary N) is 1. The fourth-order valence-electron chi connectivity index (χ4n) is 1.37. The number of aromatic nitrogens is 3. The molecule has 1 aromatic heterocycles. The van der Waals surface area contributed by atoms with Crippen molar-refractivity contribution in [2.75, 3.05) is 5.32 Å². The smallest absolute Gasteiger partial charge is 0.226 e. The number of halogens is 2. The van der Waals surface area contributed by atoms with Gasteiger partial charge in [0.25, 0.3) is 0 Å². The van der Waals surface area contributed by atoms with Crippen LogP contribution in [-0.4, -0.2) is 20.9 Å². The molecule has 0 aliphatic carbocycles. The molecule has 0 unspecified atom stereocenters. The van der Waals surface area contributed by atoms with E-state index in [1.54, 1.807) is 35.3 Å². The molecule has 1 heterocycles. The van der Waals surface area contributed by atoms with E-state index in [2.05, 4.69) is 31.6 Å². The first-order valence-corrected chi connectivity index (χ1v) is 6.41. The van der Waals surface area contributed by atoms with E-state index in [4.69, 9.17) is 11.6 Å². The van der Waals surface area contributed by atoms with Gasteiger partial charge in [0.05, 0.1) is 17.8 Å². The van der Waals surface area contributed by atoms with Crippen LogP contribution in [0.25, 0.3) is 0 Å². The lowest BCUT2D eigenvalue weighted by atomic mass is 10.3. The van der Waals surface area contributed by atoms with Crippen molar-refractivity contribution < 1.29 is 4.79 Å². The van der Waals surface area contributed by atoms with E-state index in [1.165, 1.54) is 0 Å². The van der Waals surface area contributed by atoms with Crippen molar-refractivity contribution in [1.82, 2.24) is 15.0 Å². The summed E-state index contributed by atoms with van der Waals surface area (Å²) >= 11 is 9.17. The third kappa shape index (κ3) is 3.54. The Kier molecular flexibility index (Phi) is 4.33. The summed E-state index contributed by atoms with van der Waals surface area (Å²) in [7, 11) is 0. The summed E-state index contributed by atoms with van der Waals surface area (Å²) in [5.41, 5.74) is 0.704. The molecular weight excluding hydrogens is 320 g/mol. The summed E-state index contributed by atoms with van der Waals surface area (Å²) in [6.07, 6.45) is 3.63. The van der Waals surface area contributed by atoms with E-state index in [-0.39, 0.29) is 5.91 Å². The minimum atomic E-state index is -0.0836. The second-order valence-electron chi connectivity index (χ2n) is 3.59. The third-order valence-electron chi connectivity index (χ3n) is 2.24. The minimum Gasteiger partial charge on any atom is -0.326 e. The molecule has 5 nitrogen and oxygen atoms in total. The van der Waals surface area contributed by atoms with Gasteiger partial charge in [0.1, 0.15) is 0 Å². The van der Waals surface area contributed by atoms with Gasteiger partial charge >= 0.3 is 0 Å². The number of rotatable bonds is 4. The van der Waals surface area contributed by atoms with E-state index in [1.807, 2.05) is 0 Å². The molecule has 0 saturated heterocycles. The lowest BCUT2D eigenvalue weighted by Gasteiger charge is -2.06. The average Bonchev–Trinajstić information content (AvgIpc) is 2.84. The average molecular weight is 330 g/mol. The molecule has 0 saturated carbocycles. The third-order valence-corrected chi connectivity index (χ3v) is 3.46. The van der Waals surface area contributed by atoms with Gasteiger partial charge in [0, 0.05) is 22.8 Å². The zero-order valence-corrected chi connectivity index (χ0v) is 11.6. The number of amides is 1. The van der Waals surface area contributed by atoms with Crippen LogP contribution in [0.1, 0.15) is 6.42 Å². The van der Waals surface area contributed by atoms with Gasteiger partial charge in [-0.15, -0.1) is 5.10 Å². The van der Waals surface area contributed by atoms with E-state index in [9.17, 15) is 4.79 Å². The zero-order valence-electron chi connectivity index (χ0n) is 9.31. The van der Waals surface area contributed by atoms with Crippen molar-refractivity contribution >= 4 is 39.1 Å². The molecule has 1 amide bonds. The quantitative estimate of drug-likeness (QED) is 0.938. The molecule has 0 radical (unpaired) electrons. The molecule has 0 fully saturated rings. The highest BCUT2D eigenvalue weighted by atomic mass is 79.9. The van der Waals surface area contributed by atoms with E-state index in [0.717, 1.165) is 4.47 Å².